The molecule has 94 valence electrons. The normalized spacial score (nSPS) is 9.60. The van der Waals surface area contributed by atoms with Gasteiger partial charge in [0.25, 0.3) is 0 Å². The van der Waals surface area contributed by atoms with Crippen LogP contribution in [0.3, 0.4) is 0 Å². The monoisotopic (exact) mass is 220 g/mol. The SMILES string of the molecule is CCCCOCCOCCCC.CCO. The summed E-state index contributed by atoms with van der Waals surface area (Å²) in [6, 6.07) is 0. The van der Waals surface area contributed by atoms with Gasteiger partial charge in [-0.1, -0.05) is 26.7 Å². The highest BCUT2D eigenvalue weighted by atomic mass is 16.5. The predicted molar refractivity (Wildman–Crippen MR) is 64.2 cm³/mol. The fraction of sp³-hybridized carbons (Fsp3) is 1.00. The first-order valence-electron chi connectivity index (χ1n) is 6.09. The van der Waals surface area contributed by atoms with Crippen LogP contribution >= 0.6 is 0 Å². The highest BCUT2D eigenvalue weighted by molar-refractivity contribution is 4.35. The van der Waals surface area contributed by atoms with Gasteiger partial charge in [-0.15, -0.1) is 0 Å². The maximum absolute atomic E-state index is 7.57. The summed E-state index contributed by atoms with van der Waals surface area (Å²) in [5, 5.41) is 7.57. The topological polar surface area (TPSA) is 38.7 Å². The molecular formula is C12H28O3. The molecule has 0 atom stereocenters. The number of ether oxygens (including phenoxy) is 2. The molecular weight excluding hydrogens is 192 g/mol. The summed E-state index contributed by atoms with van der Waals surface area (Å²) in [5.74, 6) is 0. The van der Waals surface area contributed by atoms with Gasteiger partial charge in [0, 0.05) is 19.8 Å². The molecule has 0 amide bonds. The van der Waals surface area contributed by atoms with Crippen LogP contribution in [0.4, 0.5) is 0 Å². The lowest BCUT2D eigenvalue weighted by Gasteiger charge is -2.03. The lowest BCUT2D eigenvalue weighted by Crippen LogP contribution is -2.05. The van der Waals surface area contributed by atoms with E-state index in [9.17, 15) is 0 Å². The van der Waals surface area contributed by atoms with Crippen molar-refractivity contribution in [3.05, 3.63) is 0 Å². The molecule has 0 aliphatic carbocycles. The molecule has 0 aromatic rings. The van der Waals surface area contributed by atoms with E-state index in [2.05, 4.69) is 13.8 Å². The Morgan fingerprint density at radius 1 is 0.733 bits per heavy atom. The van der Waals surface area contributed by atoms with E-state index < -0.39 is 0 Å². The zero-order valence-electron chi connectivity index (χ0n) is 10.6. The highest BCUT2D eigenvalue weighted by Crippen LogP contribution is 1.90. The summed E-state index contributed by atoms with van der Waals surface area (Å²) < 4.78 is 10.7. The van der Waals surface area contributed by atoms with Crippen LogP contribution in [-0.4, -0.2) is 38.1 Å². The first-order chi connectivity index (χ1) is 7.33. The van der Waals surface area contributed by atoms with E-state index >= 15 is 0 Å². The van der Waals surface area contributed by atoms with E-state index in [1.807, 2.05) is 0 Å². The minimum absolute atomic E-state index is 0.250. The Balaban J connectivity index is 0. The first-order valence-corrected chi connectivity index (χ1v) is 6.09. The molecule has 0 aliphatic rings. The molecule has 0 rings (SSSR count). The van der Waals surface area contributed by atoms with Crippen molar-refractivity contribution < 1.29 is 14.6 Å². The second kappa shape index (κ2) is 19.5. The standard InChI is InChI=1S/C10H22O2.C2H6O/c1-3-5-7-11-9-10-12-8-6-4-2;1-2-3/h3-10H2,1-2H3;3H,2H2,1H3. The average molecular weight is 220 g/mol. The smallest absolute Gasteiger partial charge is 0.0700 e. The van der Waals surface area contributed by atoms with E-state index in [4.69, 9.17) is 14.6 Å². The maximum Gasteiger partial charge on any atom is 0.0700 e. The zero-order chi connectivity index (χ0) is 11.8. The Bertz CT molecular complexity index is 76.9. The van der Waals surface area contributed by atoms with Gasteiger partial charge >= 0.3 is 0 Å². The summed E-state index contributed by atoms with van der Waals surface area (Å²) in [6.07, 6.45) is 4.73. The Kier molecular flexibility index (Phi) is 22.4. The summed E-state index contributed by atoms with van der Waals surface area (Å²) in [5.41, 5.74) is 0. The molecule has 15 heavy (non-hydrogen) atoms. The van der Waals surface area contributed by atoms with E-state index in [0.717, 1.165) is 39.3 Å². The van der Waals surface area contributed by atoms with Crippen molar-refractivity contribution in [3.8, 4) is 0 Å². The molecule has 3 heteroatoms. The van der Waals surface area contributed by atoms with E-state index in [1.54, 1.807) is 6.92 Å². The van der Waals surface area contributed by atoms with Crippen molar-refractivity contribution in [3.63, 3.8) is 0 Å². The predicted octanol–water partition coefficient (Wildman–Crippen LogP) is 2.62. The van der Waals surface area contributed by atoms with Crippen LogP contribution in [-0.2, 0) is 9.47 Å². The van der Waals surface area contributed by atoms with Gasteiger partial charge in [-0.05, 0) is 19.8 Å². The Morgan fingerprint density at radius 2 is 1.07 bits per heavy atom. The lowest BCUT2D eigenvalue weighted by molar-refractivity contribution is 0.0457. The van der Waals surface area contributed by atoms with Crippen molar-refractivity contribution in [2.24, 2.45) is 0 Å². The number of unbranched alkanes of at least 4 members (excludes halogenated alkanes) is 2. The van der Waals surface area contributed by atoms with Crippen LogP contribution in [0.15, 0.2) is 0 Å². The van der Waals surface area contributed by atoms with E-state index in [0.29, 0.717) is 0 Å². The Hall–Kier alpha value is -0.120. The molecule has 0 aromatic carbocycles. The van der Waals surface area contributed by atoms with Gasteiger partial charge in [0.15, 0.2) is 0 Å². The van der Waals surface area contributed by atoms with Gasteiger partial charge in [0.05, 0.1) is 13.2 Å². The van der Waals surface area contributed by atoms with Crippen LogP contribution in [0.5, 0.6) is 0 Å². The molecule has 0 spiro atoms. The second-order valence-electron chi connectivity index (χ2n) is 3.25. The molecule has 0 aromatic heterocycles. The second-order valence-corrected chi connectivity index (χ2v) is 3.25. The summed E-state index contributed by atoms with van der Waals surface area (Å²) in [6.45, 7) is 9.54. The average Bonchev–Trinajstić information content (AvgIpc) is 2.23. The van der Waals surface area contributed by atoms with Gasteiger partial charge < -0.3 is 14.6 Å². The highest BCUT2D eigenvalue weighted by Gasteiger charge is 1.88. The van der Waals surface area contributed by atoms with Gasteiger partial charge in [0.1, 0.15) is 0 Å². The van der Waals surface area contributed by atoms with Crippen LogP contribution in [0.2, 0.25) is 0 Å². The number of aliphatic hydroxyl groups is 1. The third-order valence-electron chi connectivity index (χ3n) is 1.66. The minimum atomic E-state index is 0.250. The van der Waals surface area contributed by atoms with Crippen LogP contribution in [0.25, 0.3) is 0 Å². The molecule has 0 saturated heterocycles. The first kappa shape index (κ1) is 17.3. The Morgan fingerprint density at radius 3 is 1.33 bits per heavy atom. The molecule has 3 nitrogen and oxygen atoms in total. The fourth-order valence-corrected chi connectivity index (χ4v) is 0.815. The van der Waals surface area contributed by atoms with Gasteiger partial charge in [-0.2, -0.15) is 0 Å². The third kappa shape index (κ3) is 24.8. The number of hydrogen-bond acceptors (Lipinski definition) is 3. The molecule has 0 fully saturated rings. The molecule has 0 aliphatic heterocycles. The lowest BCUT2D eigenvalue weighted by atomic mass is 10.4. The summed E-state index contributed by atoms with van der Waals surface area (Å²) in [4.78, 5) is 0. The maximum atomic E-state index is 7.57. The van der Waals surface area contributed by atoms with Crippen molar-refractivity contribution in [1.82, 2.24) is 0 Å². The number of rotatable bonds is 9. The molecule has 0 unspecified atom stereocenters. The Labute approximate surface area is 94.8 Å². The van der Waals surface area contributed by atoms with Gasteiger partial charge in [-0.25, -0.2) is 0 Å². The number of hydrogen-bond donors (Lipinski definition) is 1. The quantitative estimate of drug-likeness (QED) is 0.607. The molecule has 0 bridgehead atoms. The van der Waals surface area contributed by atoms with E-state index in [1.165, 1.54) is 12.8 Å². The van der Waals surface area contributed by atoms with Gasteiger partial charge in [0.2, 0.25) is 0 Å². The van der Waals surface area contributed by atoms with Crippen molar-refractivity contribution in [2.75, 3.05) is 33.0 Å². The van der Waals surface area contributed by atoms with Gasteiger partial charge in [-0.3, -0.25) is 0 Å². The van der Waals surface area contributed by atoms with Crippen LogP contribution in [0.1, 0.15) is 46.5 Å². The van der Waals surface area contributed by atoms with Crippen LogP contribution in [0, 0.1) is 0 Å². The third-order valence-corrected chi connectivity index (χ3v) is 1.66. The van der Waals surface area contributed by atoms with Crippen molar-refractivity contribution in [1.29, 1.82) is 0 Å². The minimum Gasteiger partial charge on any atom is -0.397 e. The molecule has 1 N–H and O–H groups in total. The largest absolute Gasteiger partial charge is 0.397 e. The van der Waals surface area contributed by atoms with E-state index in [-0.39, 0.29) is 6.61 Å². The fourth-order valence-electron chi connectivity index (χ4n) is 0.815. The molecule has 0 saturated carbocycles. The molecule has 0 heterocycles. The van der Waals surface area contributed by atoms with Crippen molar-refractivity contribution >= 4 is 0 Å². The van der Waals surface area contributed by atoms with Crippen LogP contribution < -0.4 is 0 Å². The van der Waals surface area contributed by atoms with Crippen molar-refractivity contribution in [2.45, 2.75) is 46.5 Å². The summed E-state index contributed by atoms with van der Waals surface area (Å²) in [7, 11) is 0. The summed E-state index contributed by atoms with van der Waals surface area (Å²) >= 11 is 0. The number of aliphatic hydroxyl groups excluding tert-OH is 1. The molecule has 0 radical (unpaired) electrons. The zero-order valence-corrected chi connectivity index (χ0v) is 10.6.